The van der Waals surface area contributed by atoms with Crippen LogP contribution in [0.2, 0.25) is 0 Å². The first-order chi connectivity index (χ1) is 14.8. The molecule has 7 nitrogen and oxygen atoms in total. The Morgan fingerprint density at radius 3 is 2.41 bits per heavy atom. The van der Waals surface area contributed by atoms with Crippen LogP contribution in [0.4, 0.5) is 8.78 Å². The van der Waals surface area contributed by atoms with Crippen molar-refractivity contribution in [3.05, 3.63) is 41.2 Å². The number of imidazole rings is 1. The Kier molecular flexibility index (Phi) is 6.42. The molecule has 0 saturated heterocycles. The molecule has 1 atom stereocenters. The van der Waals surface area contributed by atoms with E-state index in [4.69, 9.17) is 4.74 Å². The molecule has 1 aliphatic heterocycles. The fourth-order valence-electron chi connectivity index (χ4n) is 3.55. The summed E-state index contributed by atoms with van der Waals surface area (Å²) in [6.07, 6.45) is 0. The zero-order valence-electron chi connectivity index (χ0n) is 19.3. The highest BCUT2D eigenvalue weighted by Gasteiger charge is 2.36. The molecule has 9 heteroatoms. The highest BCUT2D eigenvalue weighted by Crippen LogP contribution is 2.28. The van der Waals surface area contributed by atoms with Gasteiger partial charge in [0, 0.05) is 17.6 Å². The van der Waals surface area contributed by atoms with Gasteiger partial charge in [0.2, 0.25) is 5.91 Å². The molecular weight excluding hydrogens is 418 g/mol. The number of halogens is 2. The van der Waals surface area contributed by atoms with Crippen molar-refractivity contribution < 1.29 is 23.1 Å². The average Bonchev–Trinajstić information content (AvgIpc) is 3.05. The van der Waals surface area contributed by atoms with Crippen LogP contribution in [0.25, 0.3) is 11.4 Å². The first-order valence-electron chi connectivity index (χ1n) is 10.5. The van der Waals surface area contributed by atoms with Crippen molar-refractivity contribution in [2.45, 2.75) is 66.3 Å². The number of nitrogens with one attached hydrogen (secondary N) is 2. The van der Waals surface area contributed by atoms with E-state index >= 15 is 0 Å². The summed E-state index contributed by atoms with van der Waals surface area (Å²) in [5, 5.41) is 5.72. The second kappa shape index (κ2) is 8.61. The number of hydrogen-bond acceptors (Lipinski definition) is 4. The van der Waals surface area contributed by atoms with Gasteiger partial charge in [0.1, 0.15) is 11.9 Å². The Morgan fingerprint density at radius 2 is 1.81 bits per heavy atom. The van der Waals surface area contributed by atoms with E-state index in [-0.39, 0.29) is 18.2 Å². The number of fused-ring (bicyclic) bond motifs is 1. The highest BCUT2D eigenvalue weighted by atomic mass is 19.2. The maximum absolute atomic E-state index is 13.8. The quantitative estimate of drug-likeness (QED) is 0.751. The van der Waals surface area contributed by atoms with Gasteiger partial charge in [0.25, 0.3) is 5.91 Å². The minimum absolute atomic E-state index is 0.0993. The average molecular weight is 449 g/mol. The molecular formula is C23H30F2N4O3. The van der Waals surface area contributed by atoms with E-state index in [9.17, 15) is 18.4 Å². The molecule has 32 heavy (non-hydrogen) atoms. The minimum atomic E-state index is -0.996. The molecule has 0 fully saturated rings. The zero-order chi connectivity index (χ0) is 23.8. The normalized spacial score (nSPS) is 15.1. The predicted octanol–water partition coefficient (Wildman–Crippen LogP) is 3.42. The van der Waals surface area contributed by atoms with Crippen LogP contribution in [-0.2, 0) is 22.7 Å². The van der Waals surface area contributed by atoms with Crippen LogP contribution in [0, 0.1) is 17.0 Å². The van der Waals surface area contributed by atoms with Crippen molar-refractivity contribution in [3.8, 4) is 11.4 Å². The lowest BCUT2D eigenvalue weighted by Gasteiger charge is -2.33. The molecule has 2 N–H and O–H groups in total. The molecule has 2 aromatic rings. The summed E-state index contributed by atoms with van der Waals surface area (Å²) in [5.41, 5.74) is -0.0555. The molecule has 3 rings (SSSR count). The fourth-order valence-corrected chi connectivity index (χ4v) is 3.55. The number of nitrogens with zero attached hydrogens (tertiary/aromatic N) is 2. The number of aromatic nitrogens is 2. The van der Waals surface area contributed by atoms with Crippen LogP contribution >= 0.6 is 0 Å². The molecule has 1 aromatic heterocycles. The number of ether oxygens (including phenoxy) is 1. The molecule has 0 saturated carbocycles. The molecule has 0 bridgehead atoms. The Labute approximate surface area is 186 Å². The van der Waals surface area contributed by atoms with Crippen LogP contribution in [0.1, 0.15) is 57.7 Å². The Hall–Kier alpha value is -2.81. The molecule has 0 aliphatic carbocycles. The minimum Gasteiger partial charge on any atom is -0.373 e. The Bertz CT molecular complexity index is 1040. The lowest BCUT2D eigenvalue weighted by molar-refractivity contribution is -0.126. The van der Waals surface area contributed by atoms with Gasteiger partial charge in [-0.2, -0.15) is 0 Å². The van der Waals surface area contributed by atoms with E-state index in [2.05, 4.69) is 15.6 Å². The fraction of sp³-hybridized carbons (Fsp3) is 0.522. The van der Waals surface area contributed by atoms with Crippen molar-refractivity contribution in [2.75, 3.05) is 6.61 Å². The van der Waals surface area contributed by atoms with Gasteiger partial charge in [-0.1, -0.05) is 20.8 Å². The van der Waals surface area contributed by atoms with Gasteiger partial charge in [-0.05, 0) is 44.4 Å². The second-order valence-electron chi connectivity index (χ2n) is 10.1. The van der Waals surface area contributed by atoms with Gasteiger partial charge in [0.15, 0.2) is 17.3 Å². The van der Waals surface area contributed by atoms with Gasteiger partial charge in [0.05, 0.1) is 18.9 Å². The Morgan fingerprint density at radius 1 is 1.12 bits per heavy atom. The van der Waals surface area contributed by atoms with Gasteiger partial charge < -0.3 is 19.9 Å². The van der Waals surface area contributed by atoms with Crippen LogP contribution in [0.5, 0.6) is 0 Å². The standard InChI is InChI=1S/C23H30F2N4O3/c1-22(2,3)18(21(31)28-23(4,5)6)27-20(30)17-16-12-32-10-9-29(16)19(26-17)13-7-8-14(24)15(25)11-13/h7-8,11,18H,9-10,12H2,1-6H3,(H,27,30)(H,28,31). The maximum atomic E-state index is 13.8. The smallest absolute Gasteiger partial charge is 0.272 e. The topological polar surface area (TPSA) is 85.3 Å². The number of rotatable bonds is 4. The van der Waals surface area contributed by atoms with Crippen molar-refractivity contribution in [1.29, 1.82) is 0 Å². The monoisotopic (exact) mass is 448 g/mol. The summed E-state index contributed by atoms with van der Waals surface area (Å²) in [5.74, 6) is -2.44. The Balaban J connectivity index is 1.97. The SMILES string of the molecule is CC(C)(C)NC(=O)C(NC(=O)c1nc(-c2ccc(F)c(F)c2)n2c1COCC2)C(C)(C)C. The van der Waals surface area contributed by atoms with E-state index in [1.807, 2.05) is 41.5 Å². The van der Waals surface area contributed by atoms with Crippen molar-refractivity contribution in [3.63, 3.8) is 0 Å². The number of benzene rings is 1. The van der Waals surface area contributed by atoms with E-state index in [1.165, 1.54) is 6.07 Å². The maximum Gasteiger partial charge on any atom is 0.272 e. The number of hydrogen-bond donors (Lipinski definition) is 2. The molecule has 174 valence electrons. The van der Waals surface area contributed by atoms with E-state index < -0.39 is 34.5 Å². The third-order valence-electron chi connectivity index (χ3n) is 5.07. The molecule has 0 radical (unpaired) electrons. The van der Waals surface area contributed by atoms with Gasteiger partial charge >= 0.3 is 0 Å². The first kappa shape index (κ1) is 23.8. The van der Waals surface area contributed by atoms with Gasteiger partial charge in [-0.15, -0.1) is 0 Å². The van der Waals surface area contributed by atoms with Crippen molar-refractivity contribution in [2.24, 2.45) is 5.41 Å². The van der Waals surface area contributed by atoms with E-state index in [1.54, 1.807) is 4.57 Å². The molecule has 2 amide bonds. The number of carbonyl (C=O) groups excluding carboxylic acids is 2. The predicted molar refractivity (Wildman–Crippen MR) is 116 cm³/mol. The first-order valence-corrected chi connectivity index (χ1v) is 10.5. The van der Waals surface area contributed by atoms with Crippen molar-refractivity contribution >= 4 is 11.8 Å². The lowest BCUT2D eigenvalue weighted by atomic mass is 9.85. The molecule has 1 unspecified atom stereocenters. The van der Waals surface area contributed by atoms with E-state index in [0.717, 1.165) is 12.1 Å². The third kappa shape index (κ3) is 5.15. The number of carbonyl (C=O) groups is 2. The molecule has 2 heterocycles. The lowest BCUT2D eigenvalue weighted by Crippen LogP contribution is -2.57. The van der Waals surface area contributed by atoms with Crippen LogP contribution in [0.15, 0.2) is 18.2 Å². The largest absolute Gasteiger partial charge is 0.373 e. The second-order valence-corrected chi connectivity index (χ2v) is 10.1. The molecule has 0 spiro atoms. The summed E-state index contributed by atoms with van der Waals surface area (Å²) >= 11 is 0. The zero-order valence-corrected chi connectivity index (χ0v) is 19.3. The summed E-state index contributed by atoms with van der Waals surface area (Å²) < 4.78 is 34.5. The van der Waals surface area contributed by atoms with Gasteiger partial charge in [-0.3, -0.25) is 9.59 Å². The summed E-state index contributed by atoms with van der Waals surface area (Å²) in [6.45, 7) is 12.1. The van der Waals surface area contributed by atoms with Crippen LogP contribution in [-0.4, -0.2) is 39.6 Å². The van der Waals surface area contributed by atoms with Gasteiger partial charge in [-0.25, -0.2) is 13.8 Å². The number of amides is 2. The molecule has 1 aliphatic rings. The third-order valence-corrected chi connectivity index (χ3v) is 5.07. The summed E-state index contributed by atoms with van der Waals surface area (Å²) in [4.78, 5) is 30.6. The summed E-state index contributed by atoms with van der Waals surface area (Å²) in [6, 6.07) is 2.68. The molecule has 1 aromatic carbocycles. The summed E-state index contributed by atoms with van der Waals surface area (Å²) in [7, 11) is 0. The van der Waals surface area contributed by atoms with Crippen molar-refractivity contribution in [1.82, 2.24) is 20.2 Å². The van der Waals surface area contributed by atoms with E-state index in [0.29, 0.717) is 30.2 Å². The highest BCUT2D eigenvalue weighted by molar-refractivity contribution is 5.98. The van der Waals surface area contributed by atoms with Crippen LogP contribution < -0.4 is 10.6 Å². The van der Waals surface area contributed by atoms with Crippen LogP contribution in [0.3, 0.4) is 0 Å².